The second kappa shape index (κ2) is 8.61. The standard InChI is InChI=1S/C22H25N3O4/c26-22(24-10-4-7-19(24)15-17-5-2-1-3-6-17)18-8-9-20(21(16-18)25(27)28)23-11-13-29-14-12-23/h1-3,5-6,8-9,16,19H,4,7,10-15H2. The molecule has 0 radical (unpaired) electrons. The topological polar surface area (TPSA) is 75.9 Å². The second-order valence-corrected chi connectivity index (χ2v) is 7.54. The predicted molar refractivity (Wildman–Crippen MR) is 110 cm³/mol. The zero-order valence-corrected chi connectivity index (χ0v) is 16.3. The van der Waals surface area contributed by atoms with Gasteiger partial charge in [-0.2, -0.15) is 0 Å². The highest BCUT2D eigenvalue weighted by Gasteiger charge is 2.31. The highest BCUT2D eigenvalue weighted by molar-refractivity contribution is 5.96. The molecule has 4 rings (SSSR count). The predicted octanol–water partition coefficient (Wildman–Crippen LogP) is 3.28. The minimum Gasteiger partial charge on any atom is -0.378 e. The molecule has 2 aliphatic rings. The molecule has 7 nitrogen and oxygen atoms in total. The Hall–Kier alpha value is -2.93. The van der Waals surface area contributed by atoms with Gasteiger partial charge in [-0.15, -0.1) is 0 Å². The van der Waals surface area contributed by atoms with Crippen LogP contribution in [0.25, 0.3) is 0 Å². The van der Waals surface area contributed by atoms with E-state index in [1.165, 1.54) is 11.6 Å². The van der Waals surface area contributed by atoms with Gasteiger partial charge in [0.1, 0.15) is 5.69 Å². The zero-order valence-electron chi connectivity index (χ0n) is 16.3. The van der Waals surface area contributed by atoms with E-state index in [0.717, 1.165) is 19.3 Å². The van der Waals surface area contributed by atoms with Gasteiger partial charge in [0.2, 0.25) is 0 Å². The van der Waals surface area contributed by atoms with Crippen molar-refractivity contribution in [2.24, 2.45) is 0 Å². The van der Waals surface area contributed by atoms with E-state index in [-0.39, 0.29) is 17.6 Å². The van der Waals surface area contributed by atoms with E-state index < -0.39 is 4.92 Å². The maximum atomic E-state index is 13.2. The first kappa shape index (κ1) is 19.4. The maximum absolute atomic E-state index is 13.2. The summed E-state index contributed by atoms with van der Waals surface area (Å²) in [4.78, 5) is 28.3. The van der Waals surface area contributed by atoms with Crippen molar-refractivity contribution in [1.82, 2.24) is 4.90 Å². The molecule has 1 atom stereocenters. The van der Waals surface area contributed by atoms with E-state index in [9.17, 15) is 14.9 Å². The van der Waals surface area contributed by atoms with E-state index in [1.807, 2.05) is 28.0 Å². The summed E-state index contributed by atoms with van der Waals surface area (Å²) in [5.74, 6) is -0.125. The molecule has 1 amide bonds. The maximum Gasteiger partial charge on any atom is 0.293 e. The Morgan fingerprint density at radius 3 is 2.59 bits per heavy atom. The minimum absolute atomic E-state index is 0.0171. The highest BCUT2D eigenvalue weighted by atomic mass is 16.6. The van der Waals surface area contributed by atoms with Crippen molar-refractivity contribution in [2.45, 2.75) is 25.3 Å². The number of hydrogen-bond donors (Lipinski definition) is 0. The molecule has 1 unspecified atom stereocenters. The molecule has 2 aromatic rings. The lowest BCUT2D eigenvalue weighted by molar-refractivity contribution is -0.384. The lowest BCUT2D eigenvalue weighted by Gasteiger charge is -2.29. The Kier molecular flexibility index (Phi) is 5.76. The van der Waals surface area contributed by atoms with Crippen molar-refractivity contribution < 1.29 is 14.5 Å². The van der Waals surface area contributed by atoms with E-state index in [0.29, 0.717) is 44.1 Å². The van der Waals surface area contributed by atoms with Crippen molar-refractivity contribution in [3.63, 3.8) is 0 Å². The molecule has 152 valence electrons. The van der Waals surface area contributed by atoms with Gasteiger partial charge in [0.25, 0.3) is 11.6 Å². The summed E-state index contributed by atoms with van der Waals surface area (Å²) in [5, 5.41) is 11.7. The number of anilines is 1. The van der Waals surface area contributed by atoms with Crippen LogP contribution in [0.3, 0.4) is 0 Å². The van der Waals surface area contributed by atoms with E-state index in [1.54, 1.807) is 12.1 Å². The minimum atomic E-state index is -0.396. The molecule has 2 aromatic carbocycles. The van der Waals surface area contributed by atoms with Crippen LogP contribution in [0, 0.1) is 10.1 Å². The second-order valence-electron chi connectivity index (χ2n) is 7.54. The van der Waals surface area contributed by atoms with Crippen molar-refractivity contribution >= 4 is 17.3 Å². The number of likely N-dealkylation sites (tertiary alicyclic amines) is 1. The number of carbonyl (C=O) groups is 1. The van der Waals surface area contributed by atoms with Crippen LogP contribution in [-0.4, -0.2) is 54.6 Å². The number of amides is 1. The van der Waals surface area contributed by atoms with Crippen LogP contribution in [0.15, 0.2) is 48.5 Å². The molecule has 2 saturated heterocycles. The molecule has 2 aliphatic heterocycles. The summed E-state index contributed by atoms with van der Waals surface area (Å²) >= 11 is 0. The van der Waals surface area contributed by atoms with Crippen LogP contribution in [0.4, 0.5) is 11.4 Å². The molecule has 2 heterocycles. The third kappa shape index (κ3) is 4.24. The van der Waals surface area contributed by atoms with Gasteiger partial charge in [-0.3, -0.25) is 14.9 Å². The molecular formula is C22H25N3O4. The normalized spacial score (nSPS) is 19.4. The molecule has 0 saturated carbocycles. The SMILES string of the molecule is O=C(c1ccc(N2CCOCC2)c([N+](=O)[O-])c1)N1CCCC1Cc1ccccc1. The molecule has 0 aromatic heterocycles. The van der Waals surface area contributed by atoms with Gasteiger partial charge in [0.05, 0.1) is 18.1 Å². The zero-order chi connectivity index (χ0) is 20.2. The molecule has 0 spiro atoms. The van der Waals surface area contributed by atoms with Crippen molar-refractivity contribution in [2.75, 3.05) is 37.7 Å². The Labute approximate surface area is 170 Å². The van der Waals surface area contributed by atoms with Gasteiger partial charge in [-0.25, -0.2) is 0 Å². The number of nitro groups is 1. The Bertz CT molecular complexity index is 881. The van der Waals surface area contributed by atoms with Crippen molar-refractivity contribution in [3.05, 3.63) is 69.8 Å². The lowest BCUT2D eigenvalue weighted by Crippen LogP contribution is -2.37. The van der Waals surface area contributed by atoms with E-state index >= 15 is 0 Å². The first-order valence-corrected chi connectivity index (χ1v) is 10.1. The van der Waals surface area contributed by atoms with Crippen LogP contribution in [0.2, 0.25) is 0 Å². The summed E-state index contributed by atoms with van der Waals surface area (Å²) in [6.07, 6.45) is 2.71. The Morgan fingerprint density at radius 1 is 1.10 bits per heavy atom. The fourth-order valence-electron chi connectivity index (χ4n) is 4.24. The van der Waals surface area contributed by atoms with Crippen LogP contribution in [0.5, 0.6) is 0 Å². The summed E-state index contributed by atoms with van der Waals surface area (Å²) in [5.41, 5.74) is 2.12. The summed E-state index contributed by atoms with van der Waals surface area (Å²) in [6.45, 7) is 3.01. The average Bonchev–Trinajstić information content (AvgIpc) is 3.22. The smallest absolute Gasteiger partial charge is 0.293 e. The monoisotopic (exact) mass is 395 g/mol. The number of nitrogens with zero attached hydrogens (tertiary/aromatic N) is 3. The van der Waals surface area contributed by atoms with Crippen LogP contribution in [0.1, 0.15) is 28.8 Å². The van der Waals surface area contributed by atoms with Crippen molar-refractivity contribution in [1.29, 1.82) is 0 Å². The number of hydrogen-bond acceptors (Lipinski definition) is 5. The average molecular weight is 395 g/mol. The van der Waals surface area contributed by atoms with Gasteiger partial charge in [-0.05, 0) is 37.0 Å². The number of ether oxygens (including phenoxy) is 1. The van der Waals surface area contributed by atoms with Gasteiger partial charge in [0.15, 0.2) is 0 Å². The Balaban J connectivity index is 1.56. The third-order valence-electron chi connectivity index (χ3n) is 5.72. The number of rotatable bonds is 5. The van der Waals surface area contributed by atoms with Crippen molar-refractivity contribution in [3.8, 4) is 0 Å². The number of morpholine rings is 1. The third-order valence-corrected chi connectivity index (χ3v) is 5.72. The fraction of sp³-hybridized carbons (Fsp3) is 0.409. The van der Waals surface area contributed by atoms with Crippen LogP contribution in [-0.2, 0) is 11.2 Å². The number of benzene rings is 2. The summed E-state index contributed by atoms with van der Waals surface area (Å²) < 4.78 is 5.34. The molecule has 2 fully saturated rings. The fourth-order valence-corrected chi connectivity index (χ4v) is 4.24. The van der Waals surface area contributed by atoms with Gasteiger partial charge in [-0.1, -0.05) is 30.3 Å². The first-order valence-electron chi connectivity index (χ1n) is 10.1. The molecule has 0 N–H and O–H groups in total. The van der Waals surface area contributed by atoms with Crippen LogP contribution >= 0.6 is 0 Å². The first-order chi connectivity index (χ1) is 14.1. The molecular weight excluding hydrogens is 370 g/mol. The number of carbonyl (C=O) groups excluding carboxylic acids is 1. The highest BCUT2D eigenvalue weighted by Crippen LogP contribution is 2.31. The molecule has 7 heteroatoms. The van der Waals surface area contributed by atoms with Gasteiger partial charge in [0, 0.05) is 37.3 Å². The van der Waals surface area contributed by atoms with Gasteiger partial charge >= 0.3 is 0 Å². The Morgan fingerprint density at radius 2 is 1.86 bits per heavy atom. The largest absolute Gasteiger partial charge is 0.378 e. The molecule has 0 aliphatic carbocycles. The summed E-state index contributed by atoms with van der Waals surface area (Å²) in [7, 11) is 0. The van der Waals surface area contributed by atoms with Crippen LogP contribution < -0.4 is 4.90 Å². The van der Waals surface area contributed by atoms with E-state index in [4.69, 9.17) is 4.74 Å². The lowest BCUT2D eigenvalue weighted by atomic mass is 10.0. The van der Waals surface area contributed by atoms with E-state index in [2.05, 4.69) is 12.1 Å². The molecule has 0 bridgehead atoms. The quantitative estimate of drug-likeness (QED) is 0.574. The van der Waals surface area contributed by atoms with Gasteiger partial charge < -0.3 is 14.5 Å². The summed E-state index contributed by atoms with van der Waals surface area (Å²) in [6, 6.07) is 15.1. The molecule has 29 heavy (non-hydrogen) atoms. The number of nitro benzene ring substituents is 1.